The SMILES string of the molecule is O=C(C[C@@H]1NC(=O)N(Cc2ccc3c(c2)OCO3)C1=O)N[C@@H]1CCCc2c1[nH]c1ccccc21. The number of urea groups is 1. The molecule has 9 nitrogen and oxygen atoms in total. The Morgan fingerprint density at radius 2 is 1.97 bits per heavy atom. The molecule has 34 heavy (non-hydrogen) atoms. The van der Waals surface area contributed by atoms with E-state index in [1.807, 2.05) is 18.2 Å². The Morgan fingerprint density at radius 1 is 1.12 bits per heavy atom. The van der Waals surface area contributed by atoms with Gasteiger partial charge < -0.3 is 25.1 Å². The Kier molecular flexibility index (Phi) is 4.90. The number of aryl methyl sites for hydroxylation is 1. The van der Waals surface area contributed by atoms with Gasteiger partial charge in [0.15, 0.2) is 11.5 Å². The maximum absolute atomic E-state index is 12.9. The fraction of sp³-hybridized carbons (Fsp3) is 0.320. The quantitative estimate of drug-likeness (QED) is 0.507. The van der Waals surface area contributed by atoms with Crippen LogP contribution in [0.25, 0.3) is 10.9 Å². The van der Waals surface area contributed by atoms with Crippen LogP contribution in [0, 0.1) is 0 Å². The second-order valence-corrected chi connectivity index (χ2v) is 8.89. The number of fused-ring (bicyclic) bond motifs is 4. The molecule has 6 rings (SSSR count). The zero-order valence-electron chi connectivity index (χ0n) is 18.4. The van der Waals surface area contributed by atoms with E-state index < -0.39 is 18.0 Å². The minimum Gasteiger partial charge on any atom is -0.454 e. The molecule has 4 amide bonds. The fourth-order valence-corrected chi connectivity index (χ4v) is 5.08. The summed E-state index contributed by atoms with van der Waals surface area (Å²) in [4.78, 5) is 42.8. The van der Waals surface area contributed by atoms with Crippen LogP contribution in [0.1, 0.15) is 42.1 Å². The van der Waals surface area contributed by atoms with Crippen LogP contribution >= 0.6 is 0 Å². The van der Waals surface area contributed by atoms with Gasteiger partial charge in [0.2, 0.25) is 12.7 Å². The van der Waals surface area contributed by atoms with Gasteiger partial charge in [-0.25, -0.2) is 4.79 Å². The highest BCUT2D eigenvalue weighted by Gasteiger charge is 2.39. The number of nitrogens with zero attached hydrogens (tertiary/aromatic N) is 1. The van der Waals surface area contributed by atoms with E-state index in [1.165, 1.54) is 10.9 Å². The Balaban J connectivity index is 1.12. The van der Waals surface area contributed by atoms with Crippen LogP contribution in [0.3, 0.4) is 0 Å². The third kappa shape index (κ3) is 3.53. The fourth-order valence-electron chi connectivity index (χ4n) is 5.08. The molecule has 2 aliphatic heterocycles. The van der Waals surface area contributed by atoms with Gasteiger partial charge >= 0.3 is 6.03 Å². The molecule has 0 saturated carbocycles. The number of rotatable bonds is 5. The number of H-pyrrole nitrogens is 1. The molecule has 0 spiro atoms. The first-order valence-corrected chi connectivity index (χ1v) is 11.5. The first-order chi connectivity index (χ1) is 16.6. The Hall–Kier alpha value is -4.01. The molecule has 1 aromatic heterocycles. The van der Waals surface area contributed by atoms with E-state index in [4.69, 9.17) is 9.47 Å². The smallest absolute Gasteiger partial charge is 0.325 e. The van der Waals surface area contributed by atoms with Crippen molar-refractivity contribution < 1.29 is 23.9 Å². The molecule has 2 aromatic carbocycles. The van der Waals surface area contributed by atoms with Gasteiger partial charge in [-0.05, 0) is 48.6 Å². The van der Waals surface area contributed by atoms with Gasteiger partial charge in [0, 0.05) is 16.6 Å². The molecule has 0 radical (unpaired) electrons. The number of hydrogen-bond acceptors (Lipinski definition) is 5. The van der Waals surface area contributed by atoms with Crippen molar-refractivity contribution >= 4 is 28.7 Å². The molecule has 3 aromatic rings. The first kappa shape index (κ1) is 20.6. The summed E-state index contributed by atoms with van der Waals surface area (Å²) in [6.07, 6.45) is 2.67. The lowest BCUT2D eigenvalue weighted by molar-refractivity contribution is -0.131. The average Bonchev–Trinajstić information content (AvgIpc) is 3.52. The van der Waals surface area contributed by atoms with E-state index >= 15 is 0 Å². The predicted octanol–water partition coefficient (Wildman–Crippen LogP) is 2.90. The number of benzene rings is 2. The van der Waals surface area contributed by atoms with Crippen molar-refractivity contribution in [3.05, 3.63) is 59.3 Å². The first-order valence-electron chi connectivity index (χ1n) is 11.5. The van der Waals surface area contributed by atoms with Gasteiger partial charge in [0.05, 0.1) is 19.0 Å². The molecule has 1 saturated heterocycles. The van der Waals surface area contributed by atoms with E-state index in [0.717, 1.165) is 40.9 Å². The number of imide groups is 1. The standard InChI is InChI=1S/C25H24N4O5/c30-22(26-18-7-3-5-16-15-4-1-2-6-17(15)27-23(16)18)11-19-24(31)29(25(32)28-19)12-14-8-9-20-21(10-14)34-13-33-20/h1-2,4,6,8-10,18-19,27H,3,5,7,11-13H2,(H,26,30)(H,28,32)/t18-,19+/m1/s1. The molecule has 3 N–H and O–H groups in total. The zero-order valence-corrected chi connectivity index (χ0v) is 18.4. The molecule has 9 heteroatoms. The lowest BCUT2D eigenvalue weighted by atomic mass is 9.91. The minimum atomic E-state index is -0.882. The van der Waals surface area contributed by atoms with Gasteiger partial charge in [-0.3, -0.25) is 14.5 Å². The second kappa shape index (κ2) is 8.09. The monoisotopic (exact) mass is 460 g/mol. The van der Waals surface area contributed by atoms with Crippen LogP contribution in [0.4, 0.5) is 4.79 Å². The number of carbonyl (C=O) groups is 3. The maximum Gasteiger partial charge on any atom is 0.325 e. The van der Waals surface area contributed by atoms with Crippen molar-refractivity contribution in [1.82, 2.24) is 20.5 Å². The van der Waals surface area contributed by atoms with Gasteiger partial charge in [-0.15, -0.1) is 0 Å². The molecule has 3 heterocycles. The third-order valence-electron chi connectivity index (χ3n) is 6.72. The molecule has 2 atom stereocenters. The van der Waals surface area contributed by atoms with Crippen LogP contribution in [0.2, 0.25) is 0 Å². The average molecular weight is 460 g/mol. The Bertz CT molecular complexity index is 1320. The van der Waals surface area contributed by atoms with Crippen LogP contribution in [0.5, 0.6) is 11.5 Å². The molecule has 174 valence electrons. The predicted molar refractivity (Wildman–Crippen MR) is 122 cm³/mol. The third-order valence-corrected chi connectivity index (χ3v) is 6.72. The van der Waals surface area contributed by atoms with E-state index in [0.29, 0.717) is 11.5 Å². The summed E-state index contributed by atoms with van der Waals surface area (Å²) in [6.45, 7) is 0.251. The van der Waals surface area contributed by atoms with Crippen LogP contribution < -0.4 is 20.1 Å². The highest BCUT2D eigenvalue weighted by molar-refractivity contribution is 6.05. The number of amides is 4. The molecule has 0 unspecified atom stereocenters. The molecular weight excluding hydrogens is 436 g/mol. The minimum absolute atomic E-state index is 0.0977. The van der Waals surface area contributed by atoms with Crippen molar-refractivity contribution in [3.8, 4) is 11.5 Å². The number of aromatic amines is 1. The van der Waals surface area contributed by atoms with Gasteiger partial charge in [0.1, 0.15) is 6.04 Å². The summed E-state index contributed by atoms with van der Waals surface area (Å²) in [6, 6.07) is 11.9. The number of carbonyl (C=O) groups excluding carboxylic acids is 3. The normalized spacial score (nSPS) is 21.0. The molecule has 1 fully saturated rings. The summed E-state index contributed by atoms with van der Waals surface area (Å²) in [5.74, 6) is 0.550. The number of para-hydroxylation sites is 1. The topological polar surface area (TPSA) is 113 Å². The van der Waals surface area contributed by atoms with Crippen molar-refractivity contribution in [2.75, 3.05) is 6.79 Å². The van der Waals surface area contributed by atoms with Crippen LogP contribution in [0.15, 0.2) is 42.5 Å². The molecule has 1 aliphatic carbocycles. The van der Waals surface area contributed by atoms with Crippen molar-refractivity contribution in [1.29, 1.82) is 0 Å². The van der Waals surface area contributed by atoms with Crippen LogP contribution in [-0.4, -0.2) is 40.6 Å². The van der Waals surface area contributed by atoms with E-state index in [-0.39, 0.29) is 31.7 Å². The summed E-state index contributed by atoms with van der Waals surface area (Å²) in [7, 11) is 0. The van der Waals surface area contributed by atoms with Gasteiger partial charge in [-0.2, -0.15) is 0 Å². The largest absolute Gasteiger partial charge is 0.454 e. The summed E-state index contributed by atoms with van der Waals surface area (Å²) >= 11 is 0. The number of hydrogen-bond donors (Lipinski definition) is 3. The summed E-state index contributed by atoms with van der Waals surface area (Å²) in [5.41, 5.74) is 4.08. The Labute approximate surface area is 195 Å². The van der Waals surface area contributed by atoms with E-state index in [2.05, 4.69) is 21.7 Å². The lowest BCUT2D eigenvalue weighted by Crippen LogP contribution is -2.38. The second-order valence-electron chi connectivity index (χ2n) is 8.89. The van der Waals surface area contributed by atoms with Crippen molar-refractivity contribution in [2.45, 2.75) is 44.3 Å². The van der Waals surface area contributed by atoms with Gasteiger partial charge in [-0.1, -0.05) is 24.3 Å². The maximum atomic E-state index is 12.9. The highest BCUT2D eigenvalue weighted by atomic mass is 16.7. The van der Waals surface area contributed by atoms with Crippen molar-refractivity contribution in [2.24, 2.45) is 0 Å². The molecule has 3 aliphatic rings. The van der Waals surface area contributed by atoms with Crippen molar-refractivity contribution in [3.63, 3.8) is 0 Å². The van der Waals surface area contributed by atoms with E-state index in [9.17, 15) is 14.4 Å². The molecule has 0 bridgehead atoms. The lowest BCUT2D eigenvalue weighted by Gasteiger charge is -2.24. The van der Waals surface area contributed by atoms with E-state index in [1.54, 1.807) is 18.2 Å². The van der Waals surface area contributed by atoms with Gasteiger partial charge in [0.25, 0.3) is 5.91 Å². The number of aromatic nitrogens is 1. The van der Waals surface area contributed by atoms with Crippen LogP contribution in [-0.2, 0) is 22.6 Å². The zero-order chi connectivity index (χ0) is 23.2. The summed E-state index contributed by atoms with van der Waals surface area (Å²) < 4.78 is 10.7. The number of nitrogens with one attached hydrogen (secondary N) is 3. The molecular formula is C25H24N4O5. The Morgan fingerprint density at radius 3 is 2.88 bits per heavy atom. The highest BCUT2D eigenvalue weighted by Crippen LogP contribution is 2.35. The number of ether oxygens (including phenoxy) is 2. The summed E-state index contributed by atoms with van der Waals surface area (Å²) in [5, 5.41) is 6.91.